The molecule has 0 aromatic heterocycles. The van der Waals surface area contributed by atoms with Crippen LogP contribution in [-0.2, 0) is 23.2 Å². The molecule has 12 heteroatoms. The highest BCUT2D eigenvalue weighted by atomic mass is 35.5. The van der Waals surface area contributed by atoms with Crippen molar-refractivity contribution in [1.82, 2.24) is 16.0 Å². The number of carbonyl (C=O) groups excluding carboxylic acids is 2. The normalized spacial score (nSPS) is 14.7. The van der Waals surface area contributed by atoms with Gasteiger partial charge in [0.25, 0.3) is 0 Å². The lowest BCUT2D eigenvalue weighted by molar-refractivity contribution is -0.129. The lowest BCUT2D eigenvalue weighted by Crippen LogP contribution is -2.55. The van der Waals surface area contributed by atoms with Gasteiger partial charge in [-0.3, -0.25) is 14.2 Å². The molecule has 0 aliphatic rings. The highest BCUT2D eigenvalue weighted by molar-refractivity contribution is 7.54. The molecule has 0 saturated heterocycles. The van der Waals surface area contributed by atoms with Gasteiger partial charge in [-0.15, -0.1) is 11.6 Å². The Kier molecular flexibility index (Phi) is 12.3. The fourth-order valence-electron chi connectivity index (χ4n) is 2.16. The topological polar surface area (TPSA) is 143 Å². The van der Waals surface area contributed by atoms with Gasteiger partial charge in [0.2, 0.25) is 11.8 Å². The van der Waals surface area contributed by atoms with Crippen LogP contribution in [0.15, 0.2) is 0 Å². The van der Waals surface area contributed by atoms with Crippen LogP contribution in [0.1, 0.15) is 40.5 Å². The maximum absolute atomic E-state index is 12.6. The summed E-state index contributed by atoms with van der Waals surface area (Å²) < 4.78 is 23.0. The van der Waals surface area contributed by atoms with Crippen LogP contribution >= 0.6 is 19.2 Å². The molecule has 158 valence electrons. The standard InChI is InChI=1S/C15H29ClN3O7P/c1-5-8-11(19-15(22)23)13(20)18-12(9-16)14(21)17-10(4)27(24,25-6-2)26-7-3/h10-12,19H,5-9H2,1-4H3,(H,17,21)(H,18,20)(H,22,23)/t10?,11-,12-/m0/s1. The number of alkyl halides is 1. The number of nitrogens with one attached hydrogen (secondary N) is 3. The van der Waals surface area contributed by atoms with Crippen molar-refractivity contribution in [2.75, 3.05) is 19.1 Å². The van der Waals surface area contributed by atoms with Crippen LogP contribution in [0.2, 0.25) is 0 Å². The third-order valence-electron chi connectivity index (χ3n) is 3.42. The zero-order valence-corrected chi connectivity index (χ0v) is 17.6. The number of hydrogen-bond donors (Lipinski definition) is 4. The van der Waals surface area contributed by atoms with Gasteiger partial charge in [0.1, 0.15) is 17.9 Å². The van der Waals surface area contributed by atoms with Crippen molar-refractivity contribution in [2.24, 2.45) is 0 Å². The molecule has 10 nitrogen and oxygen atoms in total. The summed E-state index contributed by atoms with van der Waals surface area (Å²) in [6, 6.07) is -2.16. The summed E-state index contributed by atoms with van der Waals surface area (Å²) in [4.78, 5) is 35.5. The molecule has 0 aliphatic carbocycles. The van der Waals surface area contributed by atoms with Crippen LogP contribution in [-0.4, -0.2) is 60.0 Å². The van der Waals surface area contributed by atoms with Crippen molar-refractivity contribution in [3.63, 3.8) is 0 Å². The molecular weight excluding hydrogens is 401 g/mol. The Labute approximate surface area is 164 Å². The van der Waals surface area contributed by atoms with E-state index in [1.165, 1.54) is 6.92 Å². The van der Waals surface area contributed by atoms with E-state index in [2.05, 4.69) is 16.0 Å². The molecule has 3 amide bonds. The monoisotopic (exact) mass is 429 g/mol. The second-order valence-corrected chi connectivity index (χ2v) is 8.25. The summed E-state index contributed by atoms with van der Waals surface area (Å²) in [6.07, 6.45) is -0.535. The van der Waals surface area contributed by atoms with E-state index in [1.807, 2.05) is 0 Å². The van der Waals surface area contributed by atoms with E-state index >= 15 is 0 Å². The first kappa shape index (κ1) is 25.6. The summed E-state index contributed by atoms with van der Waals surface area (Å²) in [5.41, 5.74) is 0. The van der Waals surface area contributed by atoms with Crippen LogP contribution in [0.4, 0.5) is 4.79 Å². The summed E-state index contributed by atoms with van der Waals surface area (Å²) in [5, 5.41) is 15.8. The minimum Gasteiger partial charge on any atom is -0.465 e. The first-order valence-corrected chi connectivity index (χ1v) is 10.8. The molecule has 0 aromatic rings. The highest BCUT2D eigenvalue weighted by Crippen LogP contribution is 2.51. The maximum atomic E-state index is 12.6. The summed E-state index contributed by atoms with van der Waals surface area (Å²) in [6.45, 7) is 6.80. The van der Waals surface area contributed by atoms with Crippen LogP contribution in [0.3, 0.4) is 0 Å². The van der Waals surface area contributed by atoms with Gasteiger partial charge in [-0.25, -0.2) is 4.79 Å². The second kappa shape index (κ2) is 12.9. The number of rotatable bonds is 13. The quantitative estimate of drug-likeness (QED) is 0.258. The molecular formula is C15H29ClN3O7P. The van der Waals surface area contributed by atoms with Crippen molar-refractivity contribution >= 4 is 37.1 Å². The lowest BCUT2D eigenvalue weighted by atomic mass is 10.1. The Balaban J connectivity index is 5.05. The van der Waals surface area contributed by atoms with E-state index in [0.717, 1.165) is 0 Å². The number of carboxylic acid groups (broad SMARTS) is 1. The Bertz CT molecular complexity index is 540. The minimum absolute atomic E-state index is 0.132. The van der Waals surface area contributed by atoms with Crippen molar-refractivity contribution in [1.29, 1.82) is 0 Å². The van der Waals surface area contributed by atoms with Crippen molar-refractivity contribution in [3.8, 4) is 0 Å². The highest BCUT2D eigenvalue weighted by Gasteiger charge is 2.35. The van der Waals surface area contributed by atoms with Crippen LogP contribution < -0.4 is 16.0 Å². The summed E-state index contributed by atoms with van der Waals surface area (Å²) in [7, 11) is -3.58. The molecule has 4 N–H and O–H groups in total. The average Bonchev–Trinajstić information content (AvgIpc) is 2.58. The Morgan fingerprint density at radius 3 is 1.93 bits per heavy atom. The van der Waals surface area contributed by atoms with Gasteiger partial charge in [-0.1, -0.05) is 13.3 Å². The fourth-order valence-corrected chi connectivity index (χ4v) is 3.90. The van der Waals surface area contributed by atoms with E-state index in [4.69, 9.17) is 25.8 Å². The second-order valence-electron chi connectivity index (χ2n) is 5.57. The molecule has 0 heterocycles. The molecule has 0 aliphatic heterocycles. The zero-order chi connectivity index (χ0) is 21.0. The van der Waals surface area contributed by atoms with Crippen molar-refractivity contribution in [2.45, 2.75) is 58.4 Å². The Morgan fingerprint density at radius 2 is 1.52 bits per heavy atom. The minimum atomic E-state index is -3.58. The van der Waals surface area contributed by atoms with Gasteiger partial charge in [0.05, 0.1) is 19.1 Å². The molecule has 0 saturated carbocycles. The number of halogens is 1. The summed E-state index contributed by atoms with van der Waals surface area (Å²) in [5.74, 6) is -2.58. The number of amides is 3. The van der Waals surface area contributed by atoms with Gasteiger partial charge in [-0.2, -0.15) is 0 Å². The molecule has 0 fully saturated rings. The Morgan fingerprint density at radius 1 is 1.00 bits per heavy atom. The predicted molar refractivity (Wildman–Crippen MR) is 101 cm³/mol. The van der Waals surface area contributed by atoms with Gasteiger partial charge >= 0.3 is 13.7 Å². The van der Waals surface area contributed by atoms with E-state index in [1.54, 1.807) is 20.8 Å². The third-order valence-corrected chi connectivity index (χ3v) is 6.04. The number of carbonyl (C=O) groups is 3. The molecule has 3 atom stereocenters. The van der Waals surface area contributed by atoms with Gasteiger partial charge in [0, 0.05) is 0 Å². The van der Waals surface area contributed by atoms with Crippen molar-refractivity contribution in [3.05, 3.63) is 0 Å². The maximum Gasteiger partial charge on any atom is 0.405 e. The SMILES string of the molecule is CCC[C@H](NC(=O)O)C(=O)N[C@@H](CCl)C(=O)NC(C)P(=O)(OCC)OCC. The first-order chi connectivity index (χ1) is 12.6. The molecule has 27 heavy (non-hydrogen) atoms. The molecule has 0 spiro atoms. The number of hydrogen-bond acceptors (Lipinski definition) is 6. The summed E-state index contributed by atoms with van der Waals surface area (Å²) >= 11 is 5.77. The van der Waals surface area contributed by atoms with Gasteiger partial charge in [0.15, 0.2) is 0 Å². The van der Waals surface area contributed by atoms with E-state index in [-0.39, 0.29) is 25.5 Å². The predicted octanol–water partition coefficient (Wildman–Crippen LogP) is 1.87. The zero-order valence-electron chi connectivity index (χ0n) is 16.0. The van der Waals surface area contributed by atoms with Gasteiger partial charge < -0.3 is 30.1 Å². The average molecular weight is 430 g/mol. The lowest BCUT2D eigenvalue weighted by Gasteiger charge is -2.26. The fraction of sp³-hybridized carbons (Fsp3) is 0.800. The van der Waals surface area contributed by atoms with Crippen LogP contribution in [0.25, 0.3) is 0 Å². The van der Waals surface area contributed by atoms with Crippen LogP contribution in [0.5, 0.6) is 0 Å². The van der Waals surface area contributed by atoms with E-state index < -0.39 is 43.4 Å². The molecule has 0 aromatic carbocycles. The largest absolute Gasteiger partial charge is 0.465 e. The van der Waals surface area contributed by atoms with E-state index in [0.29, 0.717) is 6.42 Å². The Hall–Kier alpha value is -1.35. The van der Waals surface area contributed by atoms with E-state index in [9.17, 15) is 18.9 Å². The van der Waals surface area contributed by atoms with Crippen LogP contribution in [0, 0.1) is 0 Å². The van der Waals surface area contributed by atoms with Crippen molar-refractivity contribution < 1.29 is 33.1 Å². The smallest absolute Gasteiger partial charge is 0.405 e. The van der Waals surface area contributed by atoms with Gasteiger partial charge in [-0.05, 0) is 27.2 Å². The third kappa shape index (κ3) is 8.92. The molecule has 0 rings (SSSR count). The molecule has 1 unspecified atom stereocenters. The molecule has 0 bridgehead atoms. The first-order valence-electron chi connectivity index (χ1n) is 8.70. The molecule has 0 radical (unpaired) electrons.